The van der Waals surface area contributed by atoms with E-state index in [9.17, 15) is 13.2 Å². The molecule has 0 N–H and O–H groups in total. The molecule has 0 aliphatic carbocycles. The summed E-state index contributed by atoms with van der Waals surface area (Å²) in [5.74, 6) is 0.945. The van der Waals surface area contributed by atoms with Crippen LogP contribution in [0.15, 0.2) is 52.3 Å². The van der Waals surface area contributed by atoms with Crippen LogP contribution in [0, 0.1) is 0 Å². The molecule has 0 amide bonds. The molecule has 0 spiro atoms. The normalized spacial score (nSPS) is 16.7. The molecule has 0 fully saturated rings. The summed E-state index contributed by atoms with van der Waals surface area (Å²) in [4.78, 5) is 17.5. The molecule has 1 aromatic carbocycles. The highest BCUT2D eigenvalue weighted by Crippen LogP contribution is 2.34. The largest absolute Gasteiger partial charge is 0.486 e. The van der Waals surface area contributed by atoms with E-state index in [1.165, 1.54) is 20.8 Å². The van der Waals surface area contributed by atoms with E-state index in [1.54, 1.807) is 24.4 Å². The Morgan fingerprint density at radius 1 is 1.04 bits per heavy atom. The Morgan fingerprint density at radius 3 is 2.71 bits per heavy atom. The number of ether oxygens (including phenoxy) is 2. The van der Waals surface area contributed by atoms with Crippen LogP contribution in [0.1, 0.15) is 11.3 Å². The van der Waals surface area contributed by atoms with E-state index < -0.39 is 10.0 Å². The van der Waals surface area contributed by atoms with E-state index in [1.807, 2.05) is 6.07 Å². The van der Waals surface area contributed by atoms with Crippen molar-refractivity contribution in [3.05, 3.63) is 64.2 Å². The van der Waals surface area contributed by atoms with Gasteiger partial charge in [-0.15, -0.1) is 0 Å². The predicted molar refractivity (Wildman–Crippen MR) is 100 cm³/mol. The van der Waals surface area contributed by atoms with E-state index in [-0.39, 0.29) is 23.5 Å². The molecule has 2 aliphatic rings. The molecule has 2 aromatic heterocycles. The van der Waals surface area contributed by atoms with Crippen molar-refractivity contribution in [2.45, 2.75) is 17.9 Å². The number of sulfonamides is 1. The number of hydrogen-bond donors (Lipinski definition) is 0. The van der Waals surface area contributed by atoms with Crippen molar-refractivity contribution in [1.82, 2.24) is 13.7 Å². The summed E-state index contributed by atoms with van der Waals surface area (Å²) in [7, 11) is -3.79. The van der Waals surface area contributed by atoms with Crippen molar-refractivity contribution in [2.75, 3.05) is 19.8 Å². The van der Waals surface area contributed by atoms with Gasteiger partial charge in [-0.05, 0) is 24.3 Å². The number of nitrogens with zero attached hydrogens (tertiary/aromatic N) is 3. The Kier molecular flexibility index (Phi) is 3.88. The first-order chi connectivity index (χ1) is 13.5. The maximum Gasteiger partial charge on any atom is 0.262 e. The first kappa shape index (κ1) is 17.2. The molecule has 9 heteroatoms. The van der Waals surface area contributed by atoms with Crippen molar-refractivity contribution in [3.8, 4) is 11.5 Å². The lowest BCUT2D eigenvalue weighted by atomic mass is 10.1. The third kappa shape index (κ3) is 2.66. The zero-order chi connectivity index (χ0) is 19.3. The Bertz CT molecular complexity index is 1250. The van der Waals surface area contributed by atoms with Crippen molar-refractivity contribution in [2.24, 2.45) is 0 Å². The van der Waals surface area contributed by atoms with Crippen LogP contribution in [0.25, 0.3) is 5.65 Å². The summed E-state index contributed by atoms with van der Waals surface area (Å²) in [6, 6.07) is 9.91. The molecular weight excluding hydrogens is 382 g/mol. The van der Waals surface area contributed by atoms with Crippen LogP contribution in [0.3, 0.4) is 0 Å². The molecule has 0 radical (unpaired) electrons. The molecule has 0 saturated heterocycles. The van der Waals surface area contributed by atoms with Crippen LogP contribution in [0.4, 0.5) is 0 Å². The first-order valence-electron chi connectivity index (χ1n) is 8.93. The molecule has 0 unspecified atom stereocenters. The van der Waals surface area contributed by atoms with Crippen molar-refractivity contribution in [1.29, 1.82) is 0 Å². The van der Waals surface area contributed by atoms with Gasteiger partial charge in [-0.1, -0.05) is 6.07 Å². The molecule has 0 atom stereocenters. The van der Waals surface area contributed by atoms with Gasteiger partial charge >= 0.3 is 0 Å². The lowest BCUT2D eigenvalue weighted by molar-refractivity contribution is 0.171. The Labute approximate surface area is 161 Å². The minimum atomic E-state index is -3.79. The molecule has 144 valence electrons. The van der Waals surface area contributed by atoms with Crippen LogP contribution >= 0.6 is 0 Å². The van der Waals surface area contributed by atoms with Gasteiger partial charge < -0.3 is 9.47 Å². The number of fused-ring (bicyclic) bond motifs is 3. The fourth-order valence-corrected chi connectivity index (χ4v) is 4.99. The molecule has 2 aliphatic heterocycles. The highest BCUT2D eigenvalue weighted by atomic mass is 32.2. The average molecular weight is 399 g/mol. The Balaban J connectivity index is 1.53. The lowest BCUT2D eigenvalue weighted by Gasteiger charge is -2.27. The van der Waals surface area contributed by atoms with E-state index in [0.717, 1.165) is 0 Å². The van der Waals surface area contributed by atoms with Gasteiger partial charge in [0.25, 0.3) is 5.56 Å². The van der Waals surface area contributed by atoms with Gasteiger partial charge in [0.1, 0.15) is 18.9 Å². The summed E-state index contributed by atoms with van der Waals surface area (Å²) in [5.41, 5.74) is 1.40. The topological polar surface area (TPSA) is 90.2 Å². The summed E-state index contributed by atoms with van der Waals surface area (Å²) >= 11 is 0. The van der Waals surface area contributed by atoms with Crippen LogP contribution in [-0.4, -0.2) is 41.9 Å². The van der Waals surface area contributed by atoms with Crippen molar-refractivity contribution >= 4 is 15.7 Å². The standard InChI is InChI=1S/C19H17N3O5S/c23-19-14-12-21(8-6-15(14)20-18-3-1-2-7-22(18)19)28(24,25)13-4-5-16-17(11-13)27-10-9-26-16/h1-5,7,11H,6,8-10,12H2. The Hall–Kier alpha value is -2.91. The lowest BCUT2D eigenvalue weighted by Crippen LogP contribution is -2.40. The minimum Gasteiger partial charge on any atom is -0.486 e. The third-order valence-corrected chi connectivity index (χ3v) is 6.84. The van der Waals surface area contributed by atoms with Gasteiger partial charge in [0.15, 0.2) is 11.5 Å². The molecule has 28 heavy (non-hydrogen) atoms. The van der Waals surface area contributed by atoms with E-state index in [0.29, 0.717) is 48.0 Å². The predicted octanol–water partition coefficient (Wildman–Crippen LogP) is 1.21. The number of benzene rings is 1. The maximum absolute atomic E-state index is 13.2. The van der Waals surface area contributed by atoms with Crippen LogP contribution in [-0.2, 0) is 23.0 Å². The van der Waals surface area contributed by atoms with E-state index in [2.05, 4.69) is 4.98 Å². The van der Waals surface area contributed by atoms with Gasteiger partial charge in [-0.25, -0.2) is 13.4 Å². The monoisotopic (exact) mass is 399 g/mol. The molecular formula is C19H17N3O5S. The zero-order valence-corrected chi connectivity index (χ0v) is 15.7. The summed E-state index contributed by atoms with van der Waals surface area (Å²) < 4.78 is 40.0. The fraction of sp³-hybridized carbons (Fsp3) is 0.263. The maximum atomic E-state index is 13.2. The van der Waals surface area contributed by atoms with Gasteiger partial charge in [0, 0.05) is 31.8 Å². The van der Waals surface area contributed by atoms with Crippen LogP contribution in [0.5, 0.6) is 11.5 Å². The van der Waals surface area contributed by atoms with Crippen LogP contribution in [0.2, 0.25) is 0 Å². The molecule has 8 nitrogen and oxygen atoms in total. The van der Waals surface area contributed by atoms with Crippen LogP contribution < -0.4 is 15.0 Å². The highest BCUT2D eigenvalue weighted by Gasteiger charge is 2.31. The number of aromatic nitrogens is 2. The third-order valence-electron chi connectivity index (χ3n) is 5.00. The first-order valence-corrected chi connectivity index (χ1v) is 10.4. The second-order valence-corrected chi connectivity index (χ2v) is 8.60. The molecule has 3 aromatic rings. The number of rotatable bonds is 2. The quantitative estimate of drug-likeness (QED) is 0.644. The van der Waals surface area contributed by atoms with Gasteiger partial charge in [0.05, 0.1) is 16.2 Å². The van der Waals surface area contributed by atoms with E-state index >= 15 is 0 Å². The molecule has 0 bridgehead atoms. The zero-order valence-electron chi connectivity index (χ0n) is 14.9. The van der Waals surface area contributed by atoms with Gasteiger partial charge in [-0.2, -0.15) is 4.31 Å². The average Bonchev–Trinajstić information content (AvgIpc) is 2.73. The van der Waals surface area contributed by atoms with Gasteiger partial charge in [-0.3, -0.25) is 9.20 Å². The Morgan fingerprint density at radius 2 is 1.86 bits per heavy atom. The molecule has 0 saturated carbocycles. The second kappa shape index (κ2) is 6.32. The summed E-state index contributed by atoms with van der Waals surface area (Å²) in [5, 5.41) is 0. The van der Waals surface area contributed by atoms with E-state index in [4.69, 9.17) is 9.47 Å². The molecule has 4 heterocycles. The molecule has 5 rings (SSSR count). The highest BCUT2D eigenvalue weighted by molar-refractivity contribution is 7.89. The summed E-state index contributed by atoms with van der Waals surface area (Å²) in [6.45, 7) is 1.07. The number of hydrogen-bond acceptors (Lipinski definition) is 6. The van der Waals surface area contributed by atoms with Crippen molar-refractivity contribution in [3.63, 3.8) is 0 Å². The van der Waals surface area contributed by atoms with Crippen molar-refractivity contribution < 1.29 is 17.9 Å². The second-order valence-electron chi connectivity index (χ2n) is 6.67. The summed E-state index contributed by atoms with van der Waals surface area (Å²) in [6.07, 6.45) is 2.03. The fourth-order valence-electron chi connectivity index (χ4n) is 3.56. The van der Waals surface area contributed by atoms with Gasteiger partial charge in [0.2, 0.25) is 10.0 Å². The minimum absolute atomic E-state index is 0.00419. The number of pyridine rings is 1. The smallest absolute Gasteiger partial charge is 0.262 e. The SMILES string of the molecule is O=c1c2c(nc3ccccn13)CCN(S(=O)(=O)c1ccc3c(c1)OCCO3)C2.